The summed E-state index contributed by atoms with van der Waals surface area (Å²) in [7, 11) is 0. The van der Waals surface area contributed by atoms with Crippen LogP contribution in [0.15, 0.2) is 18.2 Å². The Balaban J connectivity index is 1.37. The third kappa shape index (κ3) is 2.71. The van der Waals surface area contributed by atoms with Crippen LogP contribution in [0.5, 0.6) is 0 Å². The highest BCUT2D eigenvalue weighted by Gasteiger charge is 2.40. The molecule has 2 N–H and O–H groups in total. The first-order valence-corrected chi connectivity index (χ1v) is 8.47. The lowest BCUT2D eigenvalue weighted by molar-refractivity contribution is 0.378. The van der Waals surface area contributed by atoms with Crippen molar-refractivity contribution in [2.45, 2.75) is 45.1 Å². The highest BCUT2D eigenvalue weighted by molar-refractivity contribution is 5.59. The molecule has 1 aromatic carbocycles. The number of hydrogen-bond donors (Lipinski definition) is 2. The Kier molecular flexibility index (Phi) is 3.43. The summed E-state index contributed by atoms with van der Waals surface area (Å²) in [5.41, 5.74) is 4.39. The second-order valence-corrected chi connectivity index (χ2v) is 6.95. The van der Waals surface area contributed by atoms with Gasteiger partial charge in [-0.05, 0) is 74.0 Å². The first-order chi connectivity index (χ1) is 9.92. The van der Waals surface area contributed by atoms with E-state index in [9.17, 15) is 0 Å². The molecule has 4 rings (SSSR count). The zero-order valence-electron chi connectivity index (χ0n) is 12.3. The number of hydrogen-bond acceptors (Lipinski definition) is 2. The fourth-order valence-corrected chi connectivity index (χ4v) is 3.87. The number of rotatable bonds is 6. The predicted octanol–water partition coefficient (Wildman–Crippen LogP) is 3.57. The summed E-state index contributed by atoms with van der Waals surface area (Å²) in [5, 5.41) is 7.35. The standard InChI is InChI=1S/C18H26N2/c1-3-15-5-2-10-20-18(15)16(4-1)11-19-12-17(13-6-7-13)14-8-9-14/h1,3-4,13-14,17,19-20H,2,5-12H2. The molecule has 3 aliphatic rings. The lowest BCUT2D eigenvalue weighted by Gasteiger charge is -2.22. The van der Waals surface area contributed by atoms with E-state index in [0.29, 0.717) is 0 Å². The van der Waals surface area contributed by atoms with Gasteiger partial charge in [-0.25, -0.2) is 0 Å². The van der Waals surface area contributed by atoms with Gasteiger partial charge in [0.2, 0.25) is 0 Å². The van der Waals surface area contributed by atoms with Gasteiger partial charge in [-0.1, -0.05) is 18.2 Å². The molecular formula is C18H26N2. The van der Waals surface area contributed by atoms with Gasteiger partial charge in [0.1, 0.15) is 0 Å². The summed E-state index contributed by atoms with van der Waals surface area (Å²) >= 11 is 0. The molecule has 0 unspecified atom stereocenters. The third-order valence-corrected chi connectivity index (χ3v) is 5.31. The first kappa shape index (κ1) is 12.7. The van der Waals surface area contributed by atoms with Crippen LogP contribution in [0.25, 0.3) is 0 Å². The van der Waals surface area contributed by atoms with Gasteiger partial charge in [0.15, 0.2) is 0 Å². The number of nitrogens with one attached hydrogen (secondary N) is 2. The molecule has 2 heteroatoms. The maximum Gasteiger partial charge on any atom is 0.0418 e. The van der Waals surface area contributed by atoms with Crippen molar-refractivity contribution in [2.75, 3.05) is 18.4 Å². The van der Waals surface area contributed by atoms with E-state index in [1.807, 2.05) is 0 Å². The summed E-state index contributed by atoms with van der Waals surface area (Å²) in [6.07, 6.45) is 8.48. The molecule has 0 bridgehead atoms. The van der Waals surface area contributed by atoms with Gasteiger partial charge in [-0.2, -0.15) is 0 Å². The predicted molar refractivity (Wildman–Crippen MR) is 83.9 cm³/mol. The van der Waals surface area contributed by atoms with E-state index in [2.05, 4.69) is 28.8 Å². The highest BCUT2D eigenvalue weighted by atomic mass is 14.9. The molecule has 0 saturated heterocycles. The van der Waals surface area contributed by atoms with E-state index in [0.717, 1.165) is 30.8 Å². The number of aryl methyl sites for hydroxylation is 1. The number of para-hydroxylation sites is 1. The van der Waals surface area contributed by atoms with Crippen molar-refractivity contribution in [3.63, 3.8) is 0 Å². The Labute approximate surface area is 122 Å². The molecule has 1 aromatic rings. The van der Waals surface area contributed by atoms with Crippen LogP contribution in [0.3, 0.4) is 0 Å². The Morgan fingerprint density at radius 3 is 2.70 bits per heavy atom. The number of benzene rings is 1. The molecule has 0 spiro atoms. The molecule has 0 amide bonds. The minimum absolute atomic E-state index is 0.975. The quantitative estimate of drug-likeness (QED) is 0.826. The van der Waals surface area contributed by atoms with Crippen molar-refractivity contribution in [3.8, 4) is 0 Å². The topological polar surface area (TPSA) is 24.1 Å². The molecule has 2 saturated carbocycles. The van der Waals surface area contributed by atoms with Crippen molar-refractivity contribution >= 4 is 5.69 Å². The van der Waals surface area contributed by atoms with Gasteiger partial charge in [0.25, 0.3) is 0 Å². The molecule has 2 aliphatic carbocycles. The first-order valence-electron chi connectivity index (χ1n) is 8.47. The lowest BCUT2D eigenvalue weighted by atomic mass is 9.97. The molecule has 0 aromatic heterocycles. The average Bonchev–Trinajstić information content (AvgIpc) is 3.38. The zero-order valence-corrected chi connectivity index (χ0v) is 12.3. The fraction of sp³-hybridized carbons (Fsp3) is 0.667. The van der Waals surface area contributed by atoms with Gasteiger partial charge in [0.05, 0.1) is 0 Å². The van der Waals surface area contributed by atoms with Crippen LogP contribution in [0.2, 0.25) is 0 Å². The lowest BCUT2D eigenvalue weighted by Crippen LogP contribution is -2.26. The largest absolute Gasteiger partial charge is 0.385 e. The Bertz CT molecular complexity index is 462. The van der Waals surface area contributed by atoms with Gasteiger partial charge in [-0.15, -0.1) is 0 Å². The molecule has 2 fully saturated rings. The van der Waals surface area contributed by atoms with Crippen LogP contribution in [0, 0.1) is 17.8 Å². The van der Waals surface area contributed by atoms with Crippen molar-refractivity contribution in [1.29, 1.82) is 0 Å². The van der Waals surface area contributed by atoms with E-state index in [1.54, 1.807) is 0 Å². The van der Waals surface area contributed by atoms with Gasteiger partial charge in [0, 0.05) is 18.8 Å². The van der Waals surface area contributed by atoms with Gasteiger partial charge < -0.3 is 10.6 Å². The molecule has 2 nitrogen and oxygen atoms in total. The van der Waals surface area contributed by atoms with Crippen LogP contribution in [-0.2, 0) is 13.0 Å². The summed E-state index contributed by atoms with van der Waals surface area (Å²) in [5.74, 6) is 3.08. The van der Waals surface area contributed by atoms with Gasteiger partial charge in [-0.3, -0.25) is 0 Å². The summed E-state index contributed by atoms with van der Waals surface area (Å²) < 4.78 is 0. The number of fused-ring (bicyclic) bond motifs is 1. The Hall–Kier alpha value is -1.02. The van der Waals surface area contributed by atoms with Crippen LogP contribution in [0.1, 0.15) is 43.2 Å². The highest BCUT2D eigenvalue weighted by Crippen LogP contribution is 2.48. The summed E-state index contributed by atoms with van der Waals surface area (Å²) in [4.78, 5) is 0. The fourth-order valence-electron chi connectivity index (χ4n) is 3.87. The van der Waals surface area contributed by atoms with Crippen molar-refractivity contribution in [2.24, 2.45) is 17.8 Å². The minimum Gasteiger partial charge on any atom is -0.385 e. The second kappa shape index (κ2) is 5.40. The van der Waals surface area contributed by atoms with Crippen LogP contribution in [0.4, 0.5) is 5.69 Å². The smallest absolute Gasteiger partial charge is 0.0418 e. The second-order valence-electron chi connectivity index (χ2n) is 6.95. The van der Waals surface area contributed by atoms with E-state index < -0.39 is 0 Å². The van der Waals surface area contributed by atoms with Gasteiger partial charge >= 0.3 is 0 Å². The summed E-state index contributed by atoms with van der Waals surface area (Å²) in [6.45, 7) is 3.40. The SMILES string of the molecule is c1cc2c(c(CNCC(C3CC3)C3CC3)c1)NCCC2. The molecular weight excluding hydrogens is 244 g/mol. The van der Waals surface area contributed by atoms with Crippen LogP contribution < -0.4 is 10.6 Å². The molecule has 0 radical (unpaired) electrons. The molecule has 0 atom stereocenters. The molecule has 108 valence electrons. The van der Waals surface area contributed by atoms with E-state index in [-0.39, 0.29) is 0 Å². The van der Waals surface area contributed by atoms with Crippen molar-refractivity contribution in [1.82, 2.24) is 5.32 Å². The molecule has 1 heterocycles. The Morgan fingerprint density at radius 1 is 1.15 bits per heavy atom. The normalized spacial score (nSPS) is 21.6. The third-order valence-electron chi connectivity index (χ3n) is 5.31. The molecule has 20 heavy (non-hydrogen) atoms. The van der Waals surface area contributed by atoms with Crippen LogP contribution in [-0.4, -0.2) is 13.1 Å². The van der Waals surface area contributed by atoms with E-state index in [4.69, 9.17) is 0 Å². The Morgan fingerprint density at radius 2 is 1.95 bits per heavy atom. The number of anilines is 1. The van der Waals surface area contributed by atoms with Crippen LogP contribution >= 0.6 is 0 Å². The summed E-state index contributed by atoms with van der Waals surface area (Å²) in [6, 6.07) is 6.79. The monoisotopic (exact) mass is 270 g/mol. The zero-order chi connectivity index (χ0) is 13.4. The minimum atomic E-state index is 0.975. The average molecular weight is 270 g/mol. The maximum absolute atomic E-state index is 3.75. The molecule has 1 aliphatic heterocycles. The maximum atomic E-state index is 3.75. The van der Waals surface area contributed by atoms with E-state index >= 15 is 0 Å². The van der Waals surface area contributed by atoms with Crippen molar-refractivity contribution in [3.05, 3.63) is 29.3 Å². The van der Waals surface area contributed by atoms with Crippen molar-refractivity contribution < 1.29 is 0 Å². The van der Waals surface area contributed by atoms with E-state index in [1.165, 1.54) is 61.9 Å².